The minimum Gasteiger partial charge on any atom is -0.355 e. The van der Waals surface area contributed by atoms with Gasteiger partial charge >= 0.3 is 0 Å². The lowest BCUT2D eigenvalue weighted by atomic mass is 10.2. The molecular formula is C18H20Cl3IN4O. The Bertz CT molecular complexity index is 802. The third-order valence-corrected chi connectivity index (χ3v) is 4.42. The summed E-state index contributed by atoms with van der Waals surface area (Å²) in [5.41, 5.74) is 1.36. The Hall–Kier alpha value is -1.22. The zero-order valence-electron chi connectivity index (χ0n) is 14.6. The van der Waals surface area contributed by atoms with Crippen LogP contribution in [0.25, 0.3) is 0 Å². The van der Waals surface area contributed by atoms with Crippen molar-refractivity contribution in [3.63, 3.8) is 0 Å². The van der Waals surface area contributed by atoms with Gasteiger partial charge in [-0.05, 0) is 29.8 Å². The van der Waals surface area contributed by atoms with Crippen LogP contribution in [-0.4, -0.2) is 32.0 Å². The maximum atomic E-state index is 12.1. The monoisotopic (exact) mass is 540 g/mol. The molecule has 2 rings (SSSR count). The van der Waals surface area contributed by atoms with Crippen LogP contribution in [-0.2, 0) is 6.54 Å². The van der Waals surface area contributed by atoms with Crippen molar-refractivity contribution in [2.75, 3.05) is 20.1 Å². The third-order valence-electron chi connectivity index (χ3n) is 3.51. The Balaban J connectivity index is 0.00000364. The van der Waals surface area contributed by atoms with E-state index in [1.54, 1.807) is 43.4 Å². The number of carbonyl (C=O) groups excluding carboxylic acids is 1. The number of rotatable bonds is 6. The van der Waals surface area contributed by atoms with E-state index in [1.165, 1.54) is 0 Å². The summed E-state index contributed by atoms with van der Waals surface area (Å²) in [5, 5.41) is 10.7. The van der Waals surface area contributed by atoms with Gasteiger partial charge in [0.25, 0.3) is 5.91 Å². The fourth-order valence-electron chi connectivity index (χ4n) is 2.16. The predicted octanol–water partition coefficient (Wildman–Crippen LogP) is 4.36. The summed E-state index contributed by atoms with van der Waals surface area (Å²) in [5.74, 6) is 0.385. The molecule has 0 spiro atoms. The van der Waals surface area contributed by atoms with E-state index in [9.17, 15) is 4.79 Å². The SMILES string of the molecule is CN=C(NCCNC(=O)c1ccccc1Cl)NCc1ccc(Cl)cc1Cl.I. The smallest absolute Gasteiger partial charge is 0.252 e. The van der Waals surface area contributed by atoms with Gasteiger partial charge < -0.3 is 16.0 Å². The van der Waals surface area contributed by atoms with Crippen molar-refractivity contribution in [1.82, 2.24) is 16.0 Å². The molecule has 0 fully saturated rings. The van der Waals surface area contributed by atoms with Crippen LogP contribution < -0.4 is 16.0 Å². The fraction of sp³-hybridized carbons (Fsp3) is 0.222. The van der Waals surface area contributed by atoms with E-state index in [2.05, 4.69) is 20.9 Å². The number of nitrogens with one attached hydrogen (secondary N) is 3. The largest absolute Gasteiger partial charge is 0.355 e. The van der Waals surface area contributed by atoms with Gasteiger partial charge in [0.15, 0.2) is 5.96 Å². The molecule has 5 nitrogen and oxygen atoms in total. The molecule has 2 aromatic carbocycles. The zero-order chi connectivity index (χ0) is 18.9. The molecule has 0 unspecified atom stereocenters. The molecule has 0 atom stereocenters. The lowest BCUT2D eigenvalue weighted by molar-refractivity contribution is 0.0954. The van der Waals surface area contributed by atoms with Gasteiger partial charge in [0.1, 0.15) is 0 Å². The fourth-order valence-corrected chi connectivity index (χ4v) is 2.86. The predicted molar refractivity (Wildman–Crippen MR) is 124 cm³/mol. The molecule has 0 aliphatic carbocycles. The number of benzene rings is 2. The van der Waals surface area contributed by atoms with Gasteiger partial charge in [-0.2, -0.15) is 0 Å². The van der Waals surface area contributed by atoms with E-state index < -0.39 is 0 Å². The number of aliphatic imine (C=N–C) groups is 1. The summed E-state index contributed by atoms with van der Waals surface area (Å²) < 4.78 is 0. The molecule has 2 aromatic rings. The van der Waals surface area contributed by atoms with Crippen molar-refractivity contribution in [2.24, 2.45) is 4.99 Å². The average molecular weight is 542 g/mol. The van der Waals surface area contributed by atoms with Gasteiger partial charge in [0, 0.05) is 36.7 Å². The number of halogens is 4. The van der Waals surface area contributed by atoms with Gasteiger partial charge in [0.2, 0.25) is 0 Å². The normalized spacial score (nSPS) is 10.7. The van der Waals surface area contributed by atoms with Crippen LogP contribution in [0.3, 0.4) is 0 Å². The molecule has 0 aliphatic rings. The summed E-state index contributed by atoms with van der Waals surface area (Å²) in [7, 11) is 1.67. The lowest BCUT2D eigenvalue weighted by Gasteiger charge is -2.13. The zero-order valence-corrected chi connectivity index (χ0v) is 19.2. The van der Waals surface area contributed by atoms with Crippen LogP contribution in [0.1, 0.15) is 15.9 Å². The Morgan fingerprint density at radius 2 is 1.67 bits per heavy atom. The molecule has 0 saturated carbocycles. The Morgan fingerprint density at radius 1 is 0.963 bits per heavy atom. The summed E-state index contributed by atoms with van der Waals surface area (Å²) in [6.07, 6.45) is 0. The van der Waals surface area contributed by atoms with Crippen molar-refractivity contribution in [2.45, 2.75) is 6.54 Å². The summed E-state index contributed by atoms with van der Waals surface area (Å²) in [6, 6.07) is 12.3. The van der Waals surface area contributed by atoms with Crippen LogP contribution >= 0.6 is 58.8 Å². The number of hydrogen-bond donors (Lipinski definition) is 3. The molecule has 0 bridgehead atoms. The van der Waals surface area contributed by atoms with Crippen LogP contribution in [0.4, 0.5) is 0 Å². The molecule has 0 heterocycles. The number of amides is 1. The van der Waals surface area contributed by atoms with Crippen molar-refractivity contribution in [3.8, 4) is 0 Å². The molecule has 146 valence electrons. The number of guanidine groups is 1. The van der Waals surface area contributed by atoms with Crippen molar-refractivity contribution in [3.05, 3.63) is 68.7 Å². The van der Waals surface area contributed by atoms with Crippen molar-refractivity contribution >= 4 is 70.6 Å². The Morgan fingerprint density at radius 3 is 2.33 bits per heavy atom. The van der Waals surface area contributed by atoms with E-state index in [4.69, 9.17) is 34.8 Å². The highest BCUT2D eigenvalue weighted by molar-refractivity contribution is 14.0. The van der Waals surface area contributed by atoms with E-state index in [0.717, 1.165) is 5.56 Å². The van der Waals surface area contributed by atoms with E-state index >= 15 is 0 Å². The molecular weight excluding hydrogens is 521 g/mol. The third kappa shape index (κ3) is 7.73. The van der Waals surface area contributed by atoms with Gasteiger partial charge in [-0.1, -0.05) is 53.0 Å². The molecule has 1 amide bonds. The van der Waals surface area contributed by atoms with E-state index in [0.29, 0.717) is 46.2 Å². The molecule has 27 heavy (non-hydrogen) atoms. The first kappa shape index (κ1) is 23.8. The van der Waals surface area contributed by atoms with Crippen molar-refractivity contribution in [1.29, 1.82) is 0 Å². The van der Waals surface area contributed by atoms with E-state index in [-0.39, 0.29) is 29.9 Å². The maximum Gasteiger partial charge on any atom is 0.252 e. The topological polar surface area (TPSA) is 65.5 Å². The second-order valence-corrected chi connectivity index (χ2v) is 6.57. The second kappa shape index (κ2) is 12.3. The first-order valence-electron chi connectivity index (χ1n) is 7.92. The van der Waals surface area contributed by atoms with Gasteiger partial charge in [0.05, 0.1) is 10.6 Å². The standard InChI is InChI=1S/C18H19Cl3N4O.HI/c1-22-18(25-11-12-6-7-13(19)10-16(12)21)24-9-8-23-17(26)14-4-2-3-5-15(14)20;/h2-7,10H,8-9,11H2,1H3,(H,23,26)(H2,22,24,25);1H. The molecule has 0 aliphatic heterocycles. The minimum atomic E-state index is -0.215. The Kier molecular flexibility index (Phi) is 10.8. The highest BCUT2D eigenvalue weighted by Crippen LogP contribution is 2.20. The molecule has 9 heteroatoms. The summed E-state index contributed by atoms with van der Waals surface area (Å²) in [4.78, 5) is 16.2. The van der Waals surface area contributed by atoms with Crippen LogP contribution in [0.2, 0.25) is 15.1 Å². The maximum absolute atomic E-state index is 12.1. The minimum absolute atomic E-state index is 0. The first-order chi connectivity index (χ1) is 12.5. The molecule has 0 saturated heterocycles. The number of nitrogens with zero attached hydrogens (tertiary/aromatic N) is 1. The van der Waals surface area contributed by atoms with Gasteiger partial charge in [-0.3, -0.25) is 9.79 Å². The molecule has 0 aromatic heterocycles. The van der Waals surface area contributed by atoms with Crippen LogP contribution in [0, 0.1) is 0 Å². The molecule has 0 radical (unpaired) electrons. The van der Waals surface area contributed by atoms with Crippen LogP contribution in [0.5, 0.6) is 0 Å². The van der Waals surface area contributed by atoms with E-state index in [1.807, 2.05) is 6.07 Å². The summed E-state index contributed by atoms with van der Waals surface area (Å²) >= 11 is 18.0. The molecule has 3 N–H and O–H groups in total. The number of carbonyl (C=O) groups is 1. The average Bonchev–Trinajstić information content (AvgIpc) is 2.62. The second-order valence-electron chi connectivity index (χ2n) is 5.32. The summed E-state index contributed by atoms with van der Waals surface area (Å²) in [6.45, 7) is 1.43. The van der Waals surface area contributed by atoms with Gasteiger partial charge in [-0.25, -0.2) is 0 Å². The highest BCUT2D eigenvalue weighted by atomic mass is 127. The Labute approximate surface area is 190 Å². The van der Waals surface area contributed by atoms with Gasteiger partial charge in [-0.15, -0.1) is 24.0 Å². The van der Waals surface area contributed by atoms with Crippen molar-refractivity contribution < 1.29 is 4.79 Å². The highest BCUT2D eigenvalue weighted by Gasteiger charge is 2.08. The first-order valence-corrected chi connectivity index (χ1v) is 9.06. The quantitative estimate of drug-likeness (QED) is 0.220. The lowest BCUT2D eigenvalue weighted by Crippen LogP contribution is -2.41. The van der Waals surface area contributed by atoms with Crippen LogP contribution in [0.15, 0.2) is 47.5 Å². The number of hydrogen-bond acceptors (Lipinski definition) is 2.